The molecule has 0 radical (unpaired) electrons. The predicted molar refractivity (Wildman–Crippen MR) is 111 cm³/mol. The van der Waals surface area contributed by atoms with E-state index in [0.717, 1.165) is 37.7 Å². The first kappa shape index (κ1) is 19.8. The summed E-state index contributed by atoms with van der Waals surface area (Å²) in [5.41, 5.74) is 0.943. The highest BCUT2D eigenvalue weighted by molar-refractivity contribution is 5.82. The smallest absolute Gasteiger partial charge is 0.349 e. The molecule has 0 spiro atoms. The van der Waals surface area contributed by atoms with E-state index in [0.29, 0.717) is 10.9 Å². The van der Waals surface area contributed by atoms with Gasteiger partial charge in [0.2, 0.25) is 5.89 Å². The fraction of sp³-hybridized carbons (Fsp3) is 0.261. The van der Waals surface area contributed by atoms with Crippen molar-refractivity contribution in [3.8, 4) is 28.7 Å². The monoisotopic (exact) mass is 408 g/mol. The number of nitrogens with zero attached hydrogens (tertiary/aromatic N) is 2. The third-order valence-corrected chi connectivity index (χ3v) is 4.96. The SMILES string of the molecule is CCCCCCc1cc2cc(-c3nnc(-c4cccc(F)c4)o3)c(=O)oc2cc1O. The van der Waals surface area contributed by atoms with Crippen LogP contribution >= 0.6 is 0 Å². The number of rotatable bonds is 7. The van der Waals surface area contributed by atoms with Gasteiger partial charge in [-0.2, -0.15) is 0 Å². The van der Waals surface area contributed by atoms with Gasteiger partial charge in [-0.05, 0) is 48.7 Å². The minimum atomic E-state index is -0.660. The third kappa shape index (κ3) is 4.10. The fourth-order valence-electron chi connectivity index (χ4n) is 3.37. The van der Waals surface area contributed by atoms with Crippen LogP contribution in [0.2, 0.25) is 0 Å². The number of aromatic hydroxyl groups is 1. The van der Waals surface area contributed by atoms with Crippen molar-refractivity contribution in [1.82, 2.24) is 10.2 Å². The topological polar surface area (TPSA) is 89.4 Å². The highest BCUT2D eigenvalue weighted by Crippen LogP contribution is 2.29. The molecule has 30 heavy (non-hydrogen) atoms. The van der Waals surface area contributed by atoms with Gasteiger partial charge in [0.15, 0.2) is 0 Å². The van der Waals surface area contributed by atoms with Crippen LogP contribution in [0, 0.1) is 5.82 Å². The van der Waals surface area contributed by atoms with Crippen LogP contribution < -0.4 is 5.63 Å². The van der Waals surface area contributed by atoms with Crippen LogP contribution in [-0.4, -0.2) is 15.3 Å². The van der Waals surface area contributed by atoms with Crippen molar-refractivity contribution in [2.24, 2.45) is 0 Å². The molecule has 0 atom stereocenters. The predicted octanol–water partition coefficient (Wildman–Crippen LogP) is 5.48. The second kappa shape index (κ2) is 8.49. The molecule has 2 aromatic carbocycles. The average Bonchev–Trinajstić information content (AvgIpc) is 3.21. The number of aryl methyl sites for hydroxylation is 1. The molecule has 0 amide bonds. The molecule has 0 aliphatic carbocycles. The Kier molecular flexibility index (Phi) is 5.61. The Bertz CT molecular complexity index is 1250. The summed E-state index contributed by atoms with van der Waals surface area (Å²) in [6.45, 7) is 2.15. The average molecular weight is 408 g/mol. The molecule has 2 heterocycles. The molecule has 2 aromatic heterocycles. The van der Waals surface area contributed by atoms with Gasteiger partial charge in [0.05, 0.1) is 0 Å². The van der Waals surface area contributed by atoms with E-state index >= 15 is 0 Å². The molecule has 0 saturated carbocycles. The summed E-state index contributed by atoms with van der Waals surface area (Å²) in [7, 11) is 0. The van der Waals surface area contributed by atoms with E-state index in [1.807, 2.05) is 6.07 Å². The largest absolute Gasteiger partial charge is 0.508 e. The van der Waals surface area contributed by atoms with E-state index in [9.17, 15) is 14.3 Å². The van der Waals surface area contributed by atoms with E-state index in [1.165, 1.54) is 24.3 Å². The lowest BCUT2D eigenvalue weighted by Gasteiger charge is -2.07. The van der Waals surface area contributed by atoms with Crippen LogP contribution in [0.3, 0.4) is 0 Å². The first-order chi connectivity index (χ1) is 14.5. The van der Waals surface area contributed by atoms with Crippen molar-refractivity contribution in [3.63, 3.8) is 0 Å². The summed E-state index contributed by atoms with van der Waals surface area (Å²) in [6, 6.07) is 10.6. The number of fused-ring (bicyclic) bond motifs is 1. The van der Waals surface area contributed by atoms with E-state index in [4.69, 9.17) is 8.83 Å². The summed E-state index contributed by atoms with van der Waals surface area (Å²) in [5.74, 6) is -0.223. The number of unbranched alkanes of at least 4 members (excludes halogenated alkanes) is 3. The highest BCUT2D eigenvalue weighted by atomic mass is 19.1. The Hall–Kier alpha value is -3.48. The van der Waals surface area contributed by atoms with Gasteiger partial charge in [0.1, 0.15) is 22.7 Å². The summed E-state index contributed by atoms with van der Waals surface area (Å²) in [6.07, 6.45) is 5.09. The standard InChI is InChI=1S/C23H21FN2O4/c1-2-3-4-5-7-14-10-16-12-18(23(28)29-20(16)13-19(14)27)22-26-25-21(30-22)15-8-6-9-17(24)11-15/h6,8-13,27H,2-5,7H2,1H3. The van der Waals surface area contributed by atoms with Gasteiger partial charge < -0.3 is 13.9 Å². The van der Waals surface area contributed by atoms with Gasteiger partial charge in [-0.25, -0.2) is 9.18 Å². The molecule has 0 fully saturated rings. The molecule has 0 aliphatic heterocycles. The molecule has 1 N–H and O–H groups in total. The van der Waals surface area contributed by atoms with E-state index in [1.54, 1.807) is 12.1 Å². The number of phenolic OH excluding ortho intramolecular Hbond substituents is 1. The number of benzene rings is 2. The van der Waals surface area contributed by atoms with Crippen LogP contribution in [0.15, 0.2) is 56.1 Å². The molecule has 4 rings (SSSR count). The maximum Gasteiger partial charge on any atom is 0.349 e. The Morgan fingerprint density at radius 2 is 1.83 bits per heavy atom. The van der Waals surface area contributed by atoms with Gasteiger partial charge in [0.25, 0.3) is 5.89 Å². The number of halogens is 1. The van der Waals surface area contributed by atoms with Gasteiger partial charge in [0, 0.05) is 17.0 Å². The molecule has 0 saturated heterocycles. The Morgan fingerprint density at radius 3 is 2.63 bits per heavy atom. The molecule has 0 aliphatic rings. The molecule has 7 heteroatoms. The molecular weight excluding hydrogens is 387 g/mol. The van der Waals surface area contributed by atoms with Crippen molar-refractivity contribution in [1.29, 1.82) is 0 Å². The Morgan fingerprint density at radius 1 is 1.00 bits per heavy atom. The quantitative estimate of drug-likeness (QED) is 0.322. The van der Waals surface area contributed by atoms with Crippen LogP contribution in [0.1, 0.15) is 38.2 Å². The zero-order chi connectivity index (χ0) is 21.1. The van der Waals surface area contributed by atoms with Gasteiger partial charge in [-0.3, -0.25) is 0 Å². The molecule has 154 valence electrons. The van der Waals surface area contributed by atoms with Crippen molar-refractivity contribution >= 4 is 11.0 Å². The minimum Gasteiger partial charge on any atom is -0.508 e. The first-order valence-corrected chi connectivity index (χ1v) is 9.94. The van der Waals surface area contributed by atoms with Crippen molar-refractivity contribution < 1.29 is 18.3 Å². The highest BCUT2D eigenvalue weighted by Gasteiger charge is 2.17. The lowest BCUT2D eigenvalue weighted by atomic mass is 10.0. The third-order valence-electron chi connectivity index (χ3n) is 4.96. The second-order valence-electron chi connectivity index (χ2n) is 7.20. The zero-order valence-corrected chi connectivity index (χ0v) is 16.5. The molecule has 0 unspecified atom stereocenters. The van der Waals surface area contributed by atoms with E-state index in [-0.39, 0.29) is 28.7 Å². The van der Waals surface area contributed by atoms with Crippen LogP contribution in [0.4, 0.5) is 4.39 Å². The van der Waals surface area contributed by atoms with Crippen LogP contribution in [0.25, 0.3) is 33.9 Å². The lowest BCUT2D eigenvalue weighted by molar-refractivity contribution is 0.464. The normalized spacial score (nSPS) is 11.3. The number of hydrogen-bond acceptors (Lipinski definition) is 6. The van der Waals surface area contributed by atoms with E-state index < -0.39 is 11.4 Å². The molecule has 0 bridgehead atoms. The minimum absolute atomic E-state index is 0.0116. The van der Waals surface area contributed by atoms with Gasteiger partial charge in [-0.1, -0.05) is 32.3 Å². The molecule has 6 nitrogen and oxygen atoms in total. The second-order valence-corrected chi connectivity index (χ2v) is 7.20. The van der Waals surface area contributed by atoms with Crippen LogP contribution in [0.5, 0.6) is 5.75 Å². The number of phenols is 1. The Balaban J connectivity index is 1.68. The maximum absolute atomic E-state index is 13.4. The molecule has 4 aromatic rings. The maximum atomic E-state index is 13.4. The first-order valence-electron chi connectivity index (χ1n) is 9.94. The lowest BCUT2D eigenvalue weighted by Crippen LogP contribution is -2.03. The fourth-order valence-corrected chi connectivity index (χ4v) is 3.37. The van der Waals surface area contributed by atoms with E-state index in [2.05, 4.69) is 17.1 Å². The summed E-state index contributed by atoms with van der Waals surface area (Å²) >= 11 is 0. The van der Waals surface area contributed by atoms with Crippen molar-refractivity contribution in [2.75, 3.05) is 0 Å². The number of aromatic nitrogens is 2. The number of hydrogen-bond donors (Lipinski definition) is 1. The Labute approximate surface area is 172 Å². The summed E-state index contributed by atoms with van der Waals surface area (Å²) in [4.78, 5) is 12.4. The van der Waals surface area contributed by atoms with Crippen LogP contribution in [-0.2, 0) is 6.42 Å². The zero-order valence-electron chi connectivity index (χ0n) is 16.5. The van der Waals surface area contributed by atoms with Crippen molar-refractivity contribution in [3.05, 3.63) is 64.3 Å². The van der Waals surface area contributed by atoms with Gasteiger partial charge >= 0.3 is 5.63 Å². The summed E-state index contributed by atoms with van der Waals surface area (Å²) < 4.78 is 24.4. The van der Waals surface area contributed by atoms with Gasteiger partial charge in [-0.15, -0.1) is 10.2 Å². The van der Waals surface area contributed by atoms with Crippen molar-refractivity contribution in [2.45, 2.75) is 39.0 Å². The summed E-state index contributed by atoms with van der Waals surface area (Å²) in [5, 5.41) is 18.7. The molecular formula is C23H21FN2O4.